The van der Waals surface area contributed by atoms with E-state index in [9.17, 15) is 0 Å². The number of aromatic nitrogens is 1. The maximum atomic E-state index is 5.80. The van der Waals surface area contributed by atoms with Gasteiger partial charge in [-0.1, -0.05) is 6.07 Å². The second-order valence-electron chi connectivity index (χ2n) is 4.81. The monoisotopic (exact) mass is 249 g/mol. The molecule has 0 saturated carbocycles. The van der Waals surface area contributed by atoms with Gasteiger partial charge in [0.1, 0.15) is 5.82 Å². The Morgan fingerprint density at radius 2 is 2.33 bits per heavy atom. The van der Waals surface area contributed by atoms with Gasteiger partial charge in [0.2, 0.25) is 0 Å². The molecule has 1 aliphatic rings. The highest BCUT2D eigenvalue weighted by molar-refractivity contribution is 5.48. The highest BCUT2D eigenvalue weighted by Gasteiger charge is 2.22. The zero-order chi connectivity index (χ0) is 13.0. The van der Waals surface area contributed by atoms with E-state index in [0.29, 0.717) is 12.6 Å². The SMILES string of the molecule is CCOC1CCCN(c2nc(C)ccc2CN)C1. The van der Waals surface area contributed by atoms with E-state index in [1.807, 2.05) is 13.0 Å². The van der Waals surface area contributed by atoms with Gasteiger partial charge in [0.05, 0.1) is 6.10 Å². The Bertz CT molecular complexity index is 393. The molecule has 2 heterocycles. The van der Waals surface area contributed by atoms with Crippen LogP contribution in [0.2, 0.25) is 0 Å². The summed E-state index contributed by atoms with van der Waals surface area (Å²) in [5, 5.41) is 0. The van der Waals surface area contributed by atoms with Gasteiger partial charge < -0.3 is 15.4 Å². The normalized spacial score (nSPS) is 20.2. The molecule has 0 radical (unpaired) electrons. The maximum absolute atomic E-state index is 5.80. The van der Waals surface area contributed by atoms with Crippen LogP contribution in [0.5, 0.6) is 0 Å². The van der Waals surface area contributed by atoms with Crippen molar-refractivity contribution in [2.75, 3.05) is 24.6 Å². The van der Waals surface area contributed by atoms with Crippen molar-refractivity contribution >= 4 is 5.82 Å². The number of nitrogens with two attached hydrogens (primary N) is 1. The highest BCUT2D eigenvalue weighted by Crippen LogP contribution is 2.23. The van der Waals surface area contributed by atoms with E-state index in [4.69, 9.17) is 10.5 Å². The van der Waals surface area contributed by atoms with Crippen LogP contribution in [0, 0.1) is 6.92 Å². The van der Waals surface area contributed by atoms with Crippen molar-refractivity contribution in [2.45, 2.75) is 39.3 Å². The summed E-state index contributed by atoms with van der Waals surface area (Å²) in [4.78, 5) is 6.97. The first-order valence-corrected chi connectivity index (χ1v) is 6.77. The van der Waals surface area contributed by atoms with Crippen molar-refractivity contribution in [1.29, 1.82) is 0 Å². The Morgan fingerprint density at radius 1 is 1.50 bits per heavy atom. The molecule has 2 N–H and O–H groups in total. The van der Waals surface area contributed by atoms with Crippen LogP contribution in [-0.2, 0) is 11.3 Å². The topological polar surface area (TPSA) is 51.4 Å². The smallest absolute Gasteiger partial charge is 0.133 e. The van der Waals surface area contributed by atoms with Crippen LogP contribution in [0.25, 0.3) is 0 Å². The number of hydrogen-bond donors (Lipinski definition) is 1. The van der Waals surface area contributed by atoms with Crippen molar-refractivity contribution in [3.8, 4) is 0 Å². The number of pyridine rings is 1. The third-order valence-corrected chi connectivity index (χ3v) is 3.40. The van der Waals surface area contributed by atoms with E-state index in [-0.39, 0.29) is 0 Å². The fraction of sp³-hybridized carbons (Fsp3) is 0.643. The van der Waals surface area contributed by atoms with E-state index < -0.39 is 0 Å². The highest BCUT2D eigenvalue weighted by atomic mass is 16.5. The molecular formula is C14H23N3O. The van der Waals surface area contributed by atoms with Crippen molar-refractivity contribution < 1.29 is 4.74 Å². The van der Waals surface area contributed by atoms with E-state index in [1.54, 1.807) is 0 Å². The summed E-state index contributed by atoms with van der Waals surface area (Å²) < 4.78 is 5.74. The fourth-order valence-electron chi connectivity index (χ4n) is 2.51. The summed E-state index contributed by atoms with van der Waals surface area (Å²) in [5.74, 6) is 1.04. The molecule has 1 fully saturated rings. The third-order valence-electron chi connectivity index (χ3n) is 3.40. The zero-order valence-electron chi connectivity index (χ0n) is 11.4. The quantitative estimate of drug-likeness (QED) is 0.885. The van der Waals surface area contributed by atoms with Crippen LogP contribution in [0.3, 0.4) is 0 Å². The Morgan fingerprint density at radius 3 is 3.06 bits per heavy atom. The van der Waals surface area contributed by atoms with E-state index in [2.05, 4.69) is 22.9 Å². The second-order valence-corrected chi connectivity index (χ2v) is 4.81. The largest absolute Gasteiger partial charge is 0.377 e. The van der Waals surface area contributed by atoms with Gasteiger partial charge in [0.25, 0.3) is 0 Å². The summed E-state index contributed by atoms with van der Waals surface area (Å²) in [6.45, 7) is 7.37. The van der Waals surface area contributed by atoms with Crippen molar-refractivity contribution in [2.24, 2.45) is 5.73 Å². The molecule has 1 aliphatic heterocycles. The first-order valence-electron chi connectivity index (χ1n) is 6.77. The van der Waals surface area contributed by atoms with Crippen LogP contribution in [-0.4, -0.2) is 30.8 Å². The number of hydrogen-bond acceptors (Lipinski definition) is 4. The fourth-order valence-corrected chi connectivity index (χ4v) is 2.51. The lowest BCUT2D eigenvalue weighted by molar-refractivity contribution is 0.0525. The van der Waals surface area contributed by atoms with E-state index in [1.165, 1.54) is 0 Å². The van der Waals surface area contributed by atoms with Crippen LogP contribution in [0.1, 0.15) is 31.0 Å². The summed E-state index contributed by atoms with van der Waals surface area (Å²) in [7, 11) is 0. The molecule has 0 aromatic carbocycles. The Hall–Kier alpha value is -1.13. The van der Waals surface area contributed by atoms with Crippen LogP contribution < -0.4 is 10.6 Å². The summed E-state index contributed by atoms with van der Waals surface area (Å²) in [5.41, 5.74) is 7.97. The van der Waals surface area contributed by atoms with Gasteiger partial charge in [-0.25, -0.2) is 4.98 Å². The standard InChI is InChI=1S/C14H23N3O/c1-3-18-13-5-4-8-17(10-13)14-12(9-15)7-6-11(2)16-14/h6-7,13H,3-5,8-10,15H2,1-2H3. The Balaban J connectivity index is 2.17. The molecule has 100 valence electrons. The lowest BCUT2D eigenvalue weighted by Crippen LogP contribution is -2.40. The van der Waals surface area contributed by atoms with Gasteiger partial charge in [-0.15, -0.1) is 0 Å². The maximum Gasteiger partial charge on any atom is 0.133 e. The zero-order valence-corrected chi connectivity index (χ0v) is 11.4. The molecule has 4 nitrogen and oxygen atoms in total. The lowest BCUT2D eigenvalue weighted by Gasteiger charge is -2.34. The molecule has 1 aromatic heterocycles. The minimum atomic E-state index is 0.330. The summed E-state index contributed by atoms with van der Waals surface area (Å²) >= 11 is 0. The Labute approximate surface area is 109 Å². The third kappa shape index (κ3) is 3.00. The van der Waals surface area contributed by atoms with Crippen molar-refractivity contribution in [3.05, 3.63) is 23.4 Å². The average Bonchev–Trinajstić information content (AvgIpc) is 2.39. The number of nitrogens with zero attached hydrogens (tertiary/aromatic N) is 2. The van der Waals surface area contributed by atoms with Crippen molar-refractivity contribution in [3.63, 3.8) is 0 Å². The molecule has 1 atom stereocenters. The number of rotatable bonds is 4. The number of piperidine rings is 1. The first kappa shape index (κ1) is 13.3. The first-order chi connectivity index (χ1) is 8.74. The molecule has 0 bridgehead atoms. The van der Waals surface area contributed by atoms with Gasteiger partial charge in [-0.3, -0.25) is 0 Å². The number of ether oxygens (including phenoxy) is 1. The molecule has 0 spiro atoms. The lowest BCUT2D eigenvalue weighted by atomic mass is 10.1. The van der Waals surface area contributed by atoms with Crippen LogP contribution in [0.15, 0.2) is 12.1 Å². The molecule has 1 unspecified atom stereocenters. The number of aryl methyl sites for hydroxylation is 1. The van der Waals surface area contributed by atoms with Gasteiger partial charge in [-0.2, -0.15) is 0 Å². The predicted molar refractivity (Wildman–Crippen MR) is 73.7 cm³/mol. The van der Waals surface area contributed by atoms with Gasteiger partial charge in [-0.05, 0) is 32.8 Å². The summed E-state index contributed by atoms with van der Waals surface area (Å²) in [6.07, 6.45) is 2.63. The second kappa shape index (κ2) is 6.16. The van der Waals surface area contributed by atoms with Gasteiger partial charge in [0, 0.05) is 37.5 Å². The predicted octanol–water partition coefficient (Wildman–Crippen LogP) is 1.85. The van der Waals surface area contributed by atoms with Crippen LogP contribution >= 0.6 is 0 Å². The average molecular weight is 249 g/mol. The molecule has 4 heteroatoms. The minimum Gasteiger partial charge on any atom is -0.377 e. The minimum absolute atomic E-state index is 0.330. The molecule has 0 amide bonds. The Kier molecular flexibility index (Phi) is 4.55. The molecular weight excluding hydrogens is 226 g/mol. The molecule has 2 rings (SSSR count). The van der Waals surface area contributed by atoms with Crippen LogP contribution in [0.4, 0.5) is 5.82 Å². The van der Waals surface area contributed by atoms with E-state index in [0.717, 1.165) is 49.6 Å². The van der Waals surface area contributed by atoms with Gasteiger partial charge >= 0.3 is 0 Å². The molecule has 1 saturated heterocycles. The summed E-state index contributed by atoms with van der Waals surface area (Å²) in [6, 6.07) is 4.11. The van der Waals surface area contributed by atoms with E-state index >= 15 is 0 Å². The van der Waals surface area contributed by atoms with Crippen molar-refractivity contribution in [1.82, 2.24) is 4.98 Å². The van der Waals surface area contributed by atoms with Gasteiger partial charge in [0.15, 0.2) is 0 Å². The molecule has 0 aliphatic carbocycles. The molecule has 18 heavy (non-hydrogen) atoms. The number of anilines is 1. The molecule has 1 aromatic rings.